The quantitative estimate of drug-likeness (QED) is 0.734. The van der Waals surface area contributed by atoms with Crippen molar-refractivity contribution in [3.8, 4) is 0 Å². The van der Waals surface area contributed by atoms with Gasteiger partial charge in [0.25, 0.3) is 0 Å². The van der Waals surface area contributed by atoms with Gasteiger partial charge in [0.05, 0.1) is 5.56 Å². The average molecular weight is 218 g/mol. The molecule has 1 aromatic carbocycles. The summed E-state index contributed by atoms with van der Waals surface area (Å²) in [6.07, 6.45) is 2.67. The summed E-state index contributed by atoms with van der Waals surface area (Å²) in [5, 5.41) is 9.91. The van der Waals surface area contributed by atoms with E-state index >= 15 is 0 Å². The third kappa shape index (κ3) is 1.92. The minimum Gasteiger partial charge on any atom is -0.478 e. The first-order valence-corrected chi connectivity index (χ1v) is 5.17. The minimum atomic E-state index is -0.912. The van der Waals surface area contributed by atoms with Crippen molar-refractivity contribution in [2.45, 2.75) is 19.4 Å². The third-order valence-electron chi connectivity index (χ3n) is 2.56. The van der Waals surface area contributed by atoms with E-state index in [9.17, 15) is 4.79 Å². The molecule has 0 amide bonds. The Balaban J connectivity index is 2.46. The van der Waals surface area contributed by atoms with Gasteiger partial charge in [0, 0.05) is 23.1 Å². The van der Waals surface area contributed by atoms with E-state index in [-0.39, 0.29) is 6.04 Å². The van der Waals surface area contributed by atoms with Crippen LogP contribution in [0.2, 0.25) is 0 Å². The highest BCUT2D eigenvalue weighted by Crippen LogP contribution is 2.20. The number of H-pyrrole nitrogens is 1. The minimum absolute atomic E-state index is 0.0955. The number of carboxylic acids is 1. The van der Waals surface area contributed by atoms with E-state index < -0.39 is 5.97 Å². The van der Waals surface area contributed by atoms with Crippen LogP contribution in [0.3, 0.4) is 0 Å². The van der Waals surface area contributed by atoms with Gasteiger partial charge in [-0.1, -0.05) is 6.07 Å². The van der Waals surface area contributed by atoms with Crippen molar-refractivity contribution >= 4 is 16.9 Å². The molecule has 0 bridgehead atoms. The molecule has 0 aliphatic heterocycles. The summed E-state index contributed by atoms with van der Waals surface area (Å²) in [4.78, 5) is 13.9. The molecule has 4 N–H and O–H groups in total. The predicted octanol–water partition coefficient (Wildman–Crippen LogP) is 1.76. The molecule has 1 aromatic heterocycles. The van der Waals surface area contributed by atoms with Gasteiger partial charge in [-0.2, -0.15) is 0 Å². The summed E-state index contributed by atoms with van der Waals surface area (Å²) in [6, 6.07) is 5.18. The van der Waals surface area contributed by atoms with Gasteiger partial charge in [-0.05, 0) is 31.0 Å². The zero-order chi connectivity index (χ0) is 11.7. The lowest BCUT2D eigenvalue weighted by atomic mass is 10.1. The largest absolute Gasteiger partial charge is 0.478 e. The normalized spacial score (nSPS) is 12.9. The molecular formula is C12H14N2O2. The Labute approximate surface area is 93.1 Å². The van der Waals surface area contributed by atoms with Crippen LogP contribution in [0.1, 0.15) is 22.8 Å². The van der Waals surface area contributed by atoms with Gasteiger partial charge in [0.2, 0.25) is 0 Å². The number of fused-ring (bicyclic) bond motifs is 1. The van der Waals surface area contributed by atoms with Crippen LogP contribution in [-0.2, 0) is 6.42 Å². The van der Waals surface area contributed by atoms with Crippen LogP contribution in [-0.4, -0.2) is 22.1 Å². The van der Waals surface area contributed by atoms with Crippen LogP contribution in [0.25, 0.3) is 10.9 Å². The molecule has 84 valence electrons. The molecule has 0 saturated heterocycles. The summed E-state index contributed by atoms with van der Waals surface area (Å²) < 4.78 is 0. The maximum atomic E-state index is 10.8. The van der Waals surface area contributed by atoms with Gasteiger partial charge in [-0.15, -0.1) is 0 Å². The van der Waals surface area contributed by atoms with E-state index in [1.54, 1.807) is 12.1 Å². The molecule has 0 aliphatic carbocycles. The molecule has 0 spiro atoms. The number of benzene rings is 1. The van der Waals surface area contributed by atoms with Gasteiger partial charge in [0.1, 0.15) is 0 Å². The summed E-state index contributed by atoms with van der Waals surface area (Å²) >= 11 is 0. The standard InChI is InChI=1S/C12H14N2O2/c1-7(13)4-9-6-14-11-5-8(12(15)16)2-3-10(9)11/h2-3,5-7,14H,4,13H2,1H3,(H,15,16)/t7-/m0/s1. The van der Waals surface area contributed by atoms with E-state index in [2.05, 4.69) is 4.98 Å². The summed E-state index contributed by atoms with van der Waals surface area (Å²) in [6.45, 7) is 1.95. The molecule has 0 unspecified atom stereocenters. The van der Waals surface area contributed by atoms with Crippen LogP contribution >= 0.6 is 0 Å². The Morgan fingerprint density at radius 3 is 2.94 bits per heavy atom. The number of aromatic carboxylic acids is 1. The zero-order valence-electron chi connectivity index (χ0n) is 9.03. The van der Waals surface area contributed by atoms with Crippen molar-refractivity contribution in [1.29, 1.82) is 0 Å². The monoisotopic (exact) mass is 218 g/mol. The number of hydrogen-bond acceptors (Lipinski definition) is 2. The molecule has 4 nitrogen and oxygen atoms in total. The first-order valence-electron chi connectivity index (χ1n) is 5.17. The number of aromatic nitrogens is 1. The Kier molecular flexibility index (Phi) is 2.66. The molecule has 16 heavy (non-hydrogen) atoms. The highest BCUT2D eigenvalue weighted by molar-refractivity contribution is 5.94. The van der Waals surface area contributed by atoms with Crippen LogP contribution in [0.4, 0.5) is 0 Å². The highest BCUT2D eigenvalue weighted by Gasteiger charge is 2.08. The topological polar surface area (TPSA) is 79.1 Å². The first kappa shape index (κ1) is 10.7. The maximum Gasteiger partial charge on any atom is 0.335 e. The van der Waals surface area contributed by atoms with Crippen molar-refractivity contribution in [2.24, 2.45) is 5.73 Å². The smallest absolute Gasteiger partial charge is 0.335 e. The molecule has 0 aliphatic rings. The van der Waals surface area contributed by atoms with Gasteiger partial charge in [0.15, 0.2) is 0 Å². The molecule has 2 aromatic rings. The second kappa shape index (κ2) is 3.98. The van der Waals surface area contributed by atoms with E-state index in [0.717, 1.165) is 22.9 Å². The van der Waals surface area contributed by atoms with Gasteiger partial charge >= 0.3 is 5.97 Å². The van der Waals surface area contributed by atoms with Crippen molar-refractivity contribution in [3.05, 3.63) is 35.5 Å². The van der Waals surface area contributed by atoms with E-state index in [4.69, 9.17) is 10.8 Å². The number of carbonyl (C=O) groups is 1. The van der Waals surface area contributed by atoms with Gasteiger partial charge in [-0.3, -0.25) is 0 Å². The fourth-order valence-corrected chi connectivity index (χ4v) is 1.84. The van der Waals surface area contributed by atoms with Gasteiger partial charge < -0.3 is 15.8 Å². The fourth-order valence-electron chi connectivity index (χ4n) is 1.84. The van der Waals surface area contributed by atoms with Crippen LogP contribution in [0.15, 0.2) is 24.4 Å². The maximum absolute atomic E-state index is 10.8. The number of hydrogen-bond donors (Lipinski definition) is 3. The van der Waals surface area contributed by atoms with E-state index in [1.807, 2.05) is 19.2 Å². The SMILES string of the molecule is C[C@H](N)Cc1c[nH]c2cc(C(=O)O)ccc12. The number of nitrogens with one attached hydrogen (secondary N) is 1. The number of carboxylic acid groups (broad SMARTS) is 1. The van der Waals surface area contributed by atoms with Gasteiger partial charge in [-0.25, -0.2) is 4.79 Å². The molecule has 0 radical (unpaired) electrons. The summed E-state index contributed by atoms with van der Waals surface area (Å²) in [5.74, 6) is -0.912. The Morgan fingerprint density at radius 2 is 2.31 bits per heavy atom. The highest BCUT2D eigenvalue weighted by atomic mass is 16.4. The second-order valence-electron chi connectivity index (χ2n) is 4.06. The van der Waals surface area contributed by atoms with Crippen molar-refractivity contribution in [3.63, 3.8) is 0 Å². The van der Waals surface area contributed by atoms with Crippen LogP contribution < -0.4 is 5.73 Å². The molecule has 2 rings (SSSR count). The van der Waals surface area contributed by atoms with E-state index in [1.165, 1.54) is 0 Å². The Hall–Kier alpha value is -1.81. The summed E-state index contributed by atoms with van der Waals surface area (Å²) in [7, 11) is 0. The van der Waals surface area contributed by atoms with Crippen LogP contribution in [0.5, 0.6) is 0 Å². The lowest BCUT2D eigenvalue weighted by Crippen LogP contribution is -2.17. The van der Waals surface area contributed by atoms with E-state index in [0.29, 0.717) is 5.56 Å². The van der Waals surface area contributed by atoms with Crippen molar-refractivity contribution in [2.75, 3.05) is 0 Å². The number of nitrogens with two attached hydrogens (primary N) is 1. The lowest BCUT2D eigenvalue weighted by Gasteiger charge is -2.03. The summed E-state index contributed by atoms with van der Waals surface area (Å²) in [5.41, 5.74) is 8.01. The molecular weight excluding hydrogens is 204 g/mol. The Bertz CT molecular complexity index is 529. The van der Waals surface area contributed by atoms with Crippen molar-refractivity contribution < 1.29 is 9.90 Å². The van der Waals surface area contributed by atoms with Crippen LogP contribution in [0, 0.1) is 0 Å². The average Bonchev–Trinajstić information content (AvgIpc) is 2.60. The van der Waals surface area contributed by atoms with Crippen molar-refractivity contribution in [1.82, 2.24) is 4.98 Å². The molecule has 1 atom stereocenters. The molecule has 0 saturated carbocycles. The number of rotatable bonds is 3. The first-order chi connectivity index (χ1) is 7.58. The number of aromatic amines is 1. The predicted molar refractivity (Wildman–Crippen MR) is 62.6 cm³/mol. The Morgan fingerprint density at radius 1 is 1.56 bits per heavy atom. The molecule has 0 fully saturated rings. The second-order valence-corrected chi connectivity index (χ2v) is 4.06. The fraction of sp³-hybridized carbons (Fsp3) is 0.250. The molecule has 1 heterocycles. The lowest BCUT2D eigenvalue weighted by molar-refractivity contribution is 0.0697. The zero-order valence-corrected chi connectivity index (χ0v) is 9.03. The third-order valence-corrected chi connectivity index (χ3v) is 2.56. The molecule has 4 heteroatoms.